The van der Waals surface area contributed by atoms with E-state index in [-0.39, 0.29) is 0 Å². The van der Waals surface area contributed by atoms with Gasteiger partial charge in [0.15, 0.2) is 0 Å². The Balaban J connectivity index is 2.90. The first-order chi connectivity index (χ1) is 5.27. The van der Waals surface area contributed by atoms with Crippen LogP contribution in [0.25, 0.3) is 10.9 Å². The van der Waals surface area contributed by atoms with Gasteiger partial charge in [0.1, 0.15) is 0 Å². The molecule has 0 unspecified atom stereocenters. The van der Waals surface area contributed by atoms with Crippen LogP contribution in [0.4, 0.5) is 5.69 Å². The van der Waals surface area contributed by atoms with Crippen molar-refractivity contribution in [3.63, 3.8) is 0 Å². The Morgan fingerprint density at radius 3 is 3.00 bits per heavy atom. The maximum atomic E-state index is 5.72. The number of aryl methyl sites for hydroxylation is 1. The molecule has 0 saturated carbocycles. The first-order valence-electron chi connectivity index (χ1n) is 3.45. The molecule has 0 fully saturated rings. The van der Waals surface area contributed by atoms with Gasteiger partial charge in [0, 0.05) is 24.3 Å². The highest BCUT2D eigenvalue weighted by Crippen LogP contribution is 2.17. The minimum absolute atomic E-state index is 0.788. The molecular weight excluding hydrogens is 138 g/mol. The van der Waals surface area contributed by atoms with Gasteiger partial charge in [0.2, 0.25) is 0 Å². The third kappa shape index (κ3) is 0.852. The zero-order valence-electron chi connectivity index (χ0n) is 6.28. The Hall–Kier alpha value is -1.51. The van der Waals surface area contributed by atoms with Gasteiger partial charge in [0.25, 0.3) is 0 Å². The summed E-state index contributed by atoms with van der Waals surface area (Å²) in [6.45, 7) is 0. The van der Waals surface area contributed by atoms with Crippen LogP contribution in [0.5, 0.6) is 0 Å². The fourth-order valence-electron chi connectivity index (χ4n) is 1.18. The van der Waals surface area contributed by atoms with E-state index in [0.717, 1.165) is 16.6 Å². The molecule has 11 heavy (non-hydrogen) atoms. The van der Waals surface area contributed by atoms with E-state index in [9.17, 15) is 0 Å². The van der Waals surface area contributed by atoms with Crippen LogP contribution in [0, 0.1) is 0 Å². The fourth-order valence-corrected chi connectivity index (χ4v) is 1.18. The minimum Gasteiger partial charge on any atom is -0.398 e. The Morgan fingerprint density at radius 1 is 1.45 bits per heavy atom. The molecule has 1 aromatic carbocycles. The average molecular weight is 147 g/mol. The van der Waals surface area contributed by atoms with Crippen molar-refractivity contribution >= 4 is 16.6 Å². The molecule has 3 nitrogen and oxygen atoms in total. The lowest BCUT2D eigenvalue weighted by molar-refractivity contribution is 0.780. The van der Waals surface area contributed by atoms with Crippen molar-refractivity contribution in [3.8, 4) is 0 Å². The summed E-state index contributed by atoms with van der Waals surface area (Å²) in [5.74, 6) is 0. The third-order valence-electron chi connectivity index (χ3n) is 1.70. The van der Waals surface area contributed by atoms with Gasteiger partial charge in [-0.1, -0.05) is 6.07 Å². The molecule has 56 valence electrons. The SMILES string of the molecule is Cn1cc2c(N)cccc2n1. The summed E-state index contributed by atoms with van der Waals surface area (Å²) in [5.41, 5.74) is 7.46. The second kappa shape index (κ2) is 1.99. The Labute approximate surface area is 64.4 Å². The zero-order chi connectivity index (χ0) is 7.84. The van der Waals surface area contributed by atoms with Gasteiger partial charge in [-0.25, -0.2) is 0 Å². The van der Waals surface area contributed by atoms with E-state index in [4.69, 9.17) is 5.73 Å². The van der Waals surface area contributed by atoms with E-state index in [0.29, 0.717) is 0 Å². The van der Waals surface area contributed by atoms with Crippen molar-refractivity contribution in [1.82, 2.24) is 9.78 Å². The molecule has 0 aliphatic carbocycles. The molecular formula is C8H9N3. The number of nitrogens with zero attached hydrogens (tertiary/aromatic N) is 2. The van der Waals surface area contributed by atoms with E-state index in [1.807, 2.05) is 31.4 Å². The van der Waals surface area contributed by atoms with Gasteiger partial charge in [-0.15, -0.1) is 0 Å². The number of benzene rings is 1. The lowest BCUT2D eigenvalue weighted by Gasteiger charge is -1.90. The second-order valence-corrected chi connectivity index (χ2v) is 2.58. The topological polar surface area (TPSA) is 43.8 Å². The summed E-state index contributed by atoms with van der Waals surface area (Å²) < 4.78 is 1.76. The summed E-state index contributed by atoms with van der Waals surface area (Å²) in [6.07, 6.45) is 1.92. The molecule has 3 heteroatoms. The second-order valence-electron chi connectivity index (χ2n) is 2.58. The van der Waals surface area contributed by atoms with Crippen LogP contribution in [-0.4, -0.2) is 9.78 Å². The number of hydrogen-bond acceptors (Lipinski definition) is 2. The van der Waals surface area contributed by atoms with Crippen molar-refractivity contribution in [2.24, 2.45) is 7.05 Å². The summed E-state index contributed by atoms with van der Waals surface area (Å²) >= 11 is 0. The standard InChI is InChI=1S/C8H9N3/c1-11-5-6-7(9)3-2-4-8(6)10-11/h2-5H,9H2,1H3. The Morgan fingerprint density at radius 2 is 2.27 bits per heavy atom. The van der Waals surface area contributed by atoms with Crippen LogP contribution in [0.2, 0.25) is 0 Å². The van der Waals surface area contributed by atoms with Gasteiger partial charge < -0.3 is 5.73 Å². The van der Waals surface area contributed by atoms with Crippen molar-refractivity contribution in [2.45, 2.75) is 0 Å². The predicted molar refractivity (Wildman–Crippen MR) is 45.1 cm³/mol. The van der Waals surface area contributed by atoms with Crippen LogP contribution in [0.3, 0.4) is 0 Å². The quantitative estimate of drug-likeness (QED) is 0.568. The van der Waals surface area contributed by atoms with Gasteiger partial charge in [0.05, 0.1) is 5.52 Å². The van der Waals surface area contributed by atoms with Crippen LogP contribution in [0.1, 0.15) is 0 Å². The molecule has 0 spiro atoms. The molecule has 1 heterocycles. The van der Waals surface area contributed by atoms with Gasteiger partial charge in [-0.2, -0.15) is 5.10 Å². The third-order valence-corrected chi connectivity index (χ3v) is 1.70. The van der Waals surface area contributed by atoms with E-state index >= 15 is 0 Å². The molecule has 0 saturated heterocycles. The lowest BCUT2D eigenvalue weighted by atomic mass is 10.2. The average Bonchev–Trinajstić information content (AvgIpc) is 2.31. The Kier molecular flexibility index (Phi) is 1.12. The van der Waals surface area contributed by atoms with E-state index < -0.39 is 0 Å². The first kappa shape index (κ1) is 6.22. The largest absolute Gasteiger partial charge is 0.398 e. The molecule has 0 atom stereocenters. The highest BCUT2D eigenvalue weighted by Gasteiger charge is 1.99. The summed E-state index contributed by atoms with van der Waals surface area (Å²) in [4.78, 5) is 0. The maximum Gasteiger partial charge on any atom is 0.0943 e. The zero-order valence-corrected chi connectivity index (χ0v) is 6.28. The van der Waals surface area contributed by atoms with Gasteiger partial charge in [-0.05, 0) is 12.1 Å². The smallest absolute Gasteiger partial charge is 0.0943 e. The number of anilines is 1. The summed E-state index contributed by atoms with van der Waals surface area (Å²) in [5, 5.41) is 5.23. The molecule has 2 N–H and O–H groups in total. The molecule has 1 aromatic heterocycles. The van der Waals surface area contributed by atoms with Crippen LogP contribution < -0.4 is 5.73 Å². The van der Waals surface area contributed by atoms with Crippen molar-refractivity contribution in [1.29, 1.82) is 0 Å². The van der Waals surface area contributed by atoms with Crippen molar-refractivity contribution in [3.05, 3.63) is 24.4 Å². The summed E-state index contributed by atoms with van der Waals surface area (Å²) in [7, 11) is 1.89. The molecule has 0 bridgehead atoms. The molecule has 0 radical (unpaired) electrons. The lowest BCUT2D eigenvalue weighted by Crippen LogP contribution is -1.84. The first-order valence-corrected chi connectivity index (χ1v) is 3.45. The van der Waals surface area contributed by atoms with E-state index in [1.165, 1.54) is 0 Å². The predicted octanol–water partition coefficient (Wildman–Crippen LogP) is 1.16. The van der Waals surface area contributed by atoms with E-state index in [2.05, 4.69) is 5.10 Å². The maximum absolute atomic E-state index is 5.72. The number of nitrogens with two attached hydrogens (primary N) is 1. The number of rotatable bonds is 0. The highest BCUT2D eigenvalue weighted by atomic mass is 15.2. The van der Waals surface area contributed by atoms with Crippen LogP contribution in [0.15, 0.2) is 24.4 Å². The van der Waals surface area contributed by atoms with Crippen LogP contribution >= 0.6 is 0 Å². The van der Waals surface area contributed by atoms with Gasteiger partial charge >= 0.3 is 0 Å². The monoisotopic (exact) mass is 147 g/mol. The van der Waals surface area contributed by atoms with E-state index in [1.54, 1.807) is 4.68 Å². The molecule has 0 aliphatic rings. The number of hydrogen-bond donors (Lipinski definition) is 1. The number of nitrogen functional groups attached to an aromatic ring is 1. The fraction of sp³-hybridized carbons (Fsp3) is 0.125. The highest BCUT2D eigenvalue weighted by molar-refractivity contribution is 5.89. The van der Waals surface area contributed by atoms with Gasteiger partial charge in [-0.3, -0.25) is 4.68 Å². The summed E-state index contributed by atoms with van der Waals surface area (Å²) in [6, 6.07) is 5.74. The van der Waals surface area contributed by atoms with Crippen molar-refractivity contribution < 1.29 is 0 Å². The molecule has 0 amide bonds. The number of fused-ring (bicyclic) bond motifs is 1. The molecule has 2 aromatic rings. The molecule has 0 aliphatic heterocycles. The molecule has 2 rings (SSSR count). The van der Waals surface area contributed by atoms with Crippen molar-refractivity contribution in [2.75, 3.05) is 5.73 Å². The normalized spacial score (nSPS) is 10.6. The van der Waals surface area contributed by atoms with Crippen LogP contribution in [-0.2, 0) is 7.05 Å². The number of aromatic nitrogens is 2. The minimum atomic E-state index is 0.788. The Bertz CT molecular complexity index is 389.